The molecular formula is C11H13N5O2S. The lowest BCUT2D eigenvalue weighted by Crippen LogP contribution is -2.17. The van der Waals surface area contributed by atoms with Crippen LogP contribution in [0.4, 0.5) is 11.9 Å². The molecule has 2 N–H and O–H groups in total. The SMILES string of the molecule is CN(C)c1nc(N)nc(COC(=O)c2cccs2)n1. The molecule has 2 rings (SSSR count). The number of ether oxygens (including phenoxy) is 1. The Morgan fingerprint density at radius 3 is 2.84 bits per heavy atom. The van der Waals surface area contributed by atoms with Crippen LogP contribution in [0.15, 0.2) is 17.5 Å². The Morgan fingerprint density at radius 2 is 2.21 bits per heavy atom. The smallest absolute Gasteiger partial charge is 0.348 e. The first kappa shape index (κ1) is 13.2. The zero-order chi connectivity index (χ0) is 13.8. The summed E-state index contributed by atoms with van der Waals surface area (Å²) in [5, 5.41) is 1.81. The molecule has 0 unspecified atom stereocenters. The Hall–Kier alpha value is -2.22. The van der Waals surface area contributed by atoms with E-state index in [4.69, 9.17) is 10.5 Å². The zero-order valence-corrected chi connectivity index (χ0v) is 11.3. The molecule has 100 valence electrons. The summed E-state index contributed by atoms with van der Waals surface area (Å²) in [5.41, 5.74) is 5.57. The van der Waals surface area contributed by atoms with Crippen molar-refractivity contribution in [3.05, 3.63) is 28.2 Å². The van der Waals surface area contributed by atoms with Crippen molar-refractivity contribution < 1.29 is 9.53 Å². The van der Waals surface area contributed by atoms with Crippen molar-refractivity contribution in [2.24, 2.45) is 0 Å². The average molecular weight is 279 g/mol. The zero-order valence-electron chi connectivity index (χ0n) is 10.5. The van der Waals surface area contributed by atoms with Gasteiger partial charge >= 0.3 is 5.97 Å². The molecule has 0 radical (unpaired) electrons. The molecule has 2 aromatic rings. The van der Waals surface area contributed by atoms with Gasteiger partial charge in [-0.15, -0.1) is 11.3 Å². The van der Waals surface area contributed by atoms with Crippen LogP contribution in [0.1, 0.15) is 15.5 Å². The van der Waals surface area contributed by atoms with Crippen LogP contribution in [0.3, 0.4) is 0 Å². The Balaban J connectivity index is 2.05. The van der Waals surface area contributed by atoms with Gasteiger partial charge in [0.05, 0.1) is 0 Å². The van der Waals surface area contributed by atoms with Crippen LogP contribution in [-0.2, 0) is 11.3 Å². The molecule has 8 heteroatoms. The van der Waals surface area contributed by atoms with Gasteiger partial charge in [-0.05, 0) is 11.4 Å². The molecule has 0 aliphatic rings. The van der Waals surface area contributed by atoms with Crippen LogP contribution >= 0.6 is 11.3 Å². The predicted molar refractivity (Wildman–Crippen MR) is 72.0 cm³/mol. The van der Waals surface area contributed by atoms with E-state index in [0.717, 1.165) is 0 Å². The fraction of sp³-hybridized carbons (Fsp3) is 0.273. The maximum absolute atomic E-state index is 11.7. The van der Waals surface area contributed by atoms with Crippen molar-refractivity contribution in [3.8, 4) is 0 Å². The van der Waals surface area contributed by atoms with Crippen molar-refractivity contribution in [3.63, 3.8) is 0 Å². The number of aromatic nitrogens is 3. The van der Waals surface area contributed by atoms with Crippen LogP contribution in [0.2, 0.25) is 0 Å². The molecule has 0 aliphatic carbocycles. The van der Waals surface area contributed by atoms with E-state index in [1.165, 1.54) is 11.3 Å². The first-order valence-corrected chi connectivity index (χ1v) is 6.32. The van der Waals surface area contributed by atoms with Crippen LogP contribution < -0.4 is 10.6 Å². The molecule has 0 saturated carbocycles. The van der Waals surface area contributed by atoms with E-state index in [-0.39, 0.29) is 12.6 Å². The third-order valence-corrected chi connectivity index (χ3v) is 2.99. The first-order valence-electron chi connectivity index (χ1n) is 5.44. The molecule has 0 fully saturated rings. The largest absolute Gasteiger partial charge is 0.453 e. The monoisotopic (exact) mass is 279 g/mol. The summed E-state index contributed by atoms with van der Waals surface area (Å²) in [4.78, 5) is 25.9. The van der Waals surface area contributed by atoms with Crippen molar-refractivity contribution in [2.45, 2.75) is 6.61 Å². The summed E-state index contributed by atoms with van der Waals surface area (Å²) >= 11 is 1.32. The van der Waals surface area contributed by atoms with Gasteiger partial charge in [0.25, 0.3) is 0 Å². The van der Waals surface area contributed by atoms with Crippen LogP contribution in [0, 0.1) is 0 Å². The molecule has 0 spiro atoms. The number of nitrogen functional groups attached to an aromatic ring is 1. The highest BCUT2D eigenvalue weighted by molar-refractivity contribution is 7.11. The molecule has 7 nitrogen and oxygen atoms in total. The molecule has 2 heterocycles. The first-order chi connectivity index (χ1) is 9.06. The van der Waals surface area contributed by atoms with Crippen LogP contribution in [0.5, 0.6) is 0 Å². The number of carbonyl (C=O) groups is 1. The highest BCUT2D eigenvalue weighted by Gasteiger charge is 2.11. The Bertz CT molecular complexity index is 570. The van der Waals surface area contributed by atoms with E-state index >= 15 is 0 Å². The lowest BCUT2D eigenvalue weighted by Gasteiger charge is -2.11. The number of hydrogen-bond donors (Lipinski definition) is 1. The molecule has 0 amide bonds. The lowest BCUT2D eigenvalue weighted by atomic mass is 10.5. The Labute approximate surface area is 114 Å². The van der Waals surface area contributed by atoms with Crippen molar-refractivity contribution in [1.82, 2.24) is 15.0 Å². The van der Waals surface area contributed by atoms with E-state index in [2.05, 4.69) is 15.0 Å². The number of nitrogens with zero attached hydrogens (tertiary/aromatic N) is 4. The molecule has 19 heavy (non-hydrogen) atoms. The highest BCUT2D eigenvalue weighted by atomic mass is 32.1. The van der Waals surface area contributed by atoms with Gasteiger partial charge < -0.3 is 15.4 Å². The second kappa shape index (κ2) is 5.61. The van der Waals surface area contributed by atoms with E-state index in [0.29, 0.717) is 16.6 Å². The fourth-order valence-electron chi connectivity index (χ4n) is 1.29. The van der Waals surface area contributed by atoms with Gasteiger partial charge in [-0.3, -0.25) is 0 Å². The third kappa shape index (κ3) is 3.38. The molecule has 0 atom stereocenters. The van der Waals surface area contributed by atoms with Crippen molar-refractivity contribution in [2.75, 3.05) is 24.7 Å². The summed E-state index contributed by atoms with van der Waals surface area (Å²) in [6, 6.07) is 3.48. The van der Waals surface area contributed by atoms with Gasteiger partial charge in [-0.1, -0.05) is 6.07 Å². The second-order valence-corrected chi connectivity index (χ2v) is 4.81. The molecule has 0 saturated heterocycles. The van der Waals surface area contributed by atoms with Gasteiger partial charge in [-0.25, -0.2) is 4.79 Å². The number of carbonyl (C=O) groups excluding carboxylic acids is 1. The summed E-state index contributed by atoms with van der Waals surface area (Å²) in [5.74, 6) is 0.442. The summed E-state index contributed by atoms with van der Waals surface area (Å²) in [6.07, 6.45) is 0. The van der Waals surface area contributed by atoms with Gasteiger partial charge in [0, 0.05) is 14.1 Å². The quantitative estimate of drug-likeness (QED) is 0.832. The van der Waals surface area contributed by atoms with E-state index in [9.17, 15) is 4.79 Å². The van der Waals surface area contributed by atoms with E-state index in [1.54, 1.807) is 31.1 Å². The van der Waals surface area contributed by atoms with E-state index < -0.39 is 5.97 Å². The second-order valence-electron chi connectivity index (χ2n) is 3.86. The van der Waals surface area contributed by atoms with Gasteiger partial charge in [0.15, 0.2) is 12.4 Å². The van der Waals surface area contributed by atoms with Crippen LogP contribution in [0.25, 0.3) is 0 Å². The summed E-state index contributed by atoms with van der Waals surface area (Å²) in [6.45, 7) is -0.0374. The van der Waals surface area contributed by atoms with Crippen molar-refractivity contribution >= 4 is 29.2 Å². The molecule has 2 aromatic heterocycles. The minimum Gasteiger partial charge on any atom is -0.453 e. The highest BCUT2D eigenvalue weighted by Crippen LogP contribution is 2.12. The third-order valence-electron chi connectivity index (χ3n) is 2.14. The lowest BCUT2D eigenvalue weighted by molar-refractivity contribution is 0.0468. The average Bonchev–Trinajstić information content (AvgIpc) is 2.89. The predicted octanol–water partition coefficient (Wildman–Crippen LogP) is 0.938. The Kier molecular flexibility index (Phi) is 3.91. The number of rotatable bonds is 4. The molecule has 0 aromatic carbocycles. The molecule has 0 aliphatic heterocycles. The molecular weight excluding hydrogens is 266 g/mol. The molecule has 0 bridgehead atoms. The van der Waals surface area contributed by atoms with E-state index in [1.807, 2.05) is 5.38 Å². The topological polar surface area (TPSA) is 94.2 Å². The number of nitrogens with two attached hydrogens (primary N) is 1. The summed E-state index contributed by atoms with van der Waals surface area (Å²) in [7, 11) is 3.58. The standard InChI is InChI=1S/C11H13N5O2S/c1-16(2)11-14-8(13-10(12)15-11)6-18-9(17)7-4-3-5-19-7/h3-5H,6H2,1-2H3,(H2,12,13,14,15). The van der Waals surface area contributed by atoms with Crippen LogP contribution in [-0.4, -0.2) is 35.0 Å². The minimum absolute atomic E-state index is 0.0374. The fourth-order valence-corrected chi connectivity index (χ4v) is 1.90. The number of anilines is 2. The Morgan fingerprint density at radius 1 is 1.42 bits per heavy atom. The maximum Gasteiger partial charge on any atom is 0.348 e. The number of thiophene rings is 1. The summed E-state index contributed by atoms with van der Waals surface area (Å²) < 4.78 is 5.11. The van der Waals surface area contributed by atoms with Crippen molar-refractivity contribution in [1.29, 1.82) is 0 Å². The van der Waals surface area contributed by atoms with Gasteiger partial charge in [0.2, 0.25) is 11.9 Å². The number of hydrogen-bond acceptors (Lipinski definition) is 8. The normalized spacial score (nSPS) is 10.2. The maximum atomic E-state index is 11.7. The van der Waals surface area contributed by atoms with Gasteiger partial charge in [-0.2, -0.15) is 15.0 Å². The number of esters is 1. The minimum atomic E-state index is -0.402. The van der Waals surface area contributed by atoms with Gasteiger partial charge in [0.1, 0.15) is 4.88 Å².